The van der Waals surface area contributed by atoms with Crippen LogP contribution in [0.25, 0.3) is 11.4 Å². The summed E-state index contributed by atoms with van der Waals surface area (Å²) in [5.74, 6) is 0.574. The maximum absolute atomic E-state index is 12.5. The van der Waals surface area contributed by atoms with E-state index >= 15 is 0 Å². The normalized spacial score (nSPS) is 11.0. The van der Waals surface area contributed by atoms with E-state index in [1.807, 2.05) is 29.7 Å². The van der Waals surface area contributed by atoms with E-state index in [1.54, 1.807) is 24.3 Å². The minimum absolute atomic E-state index is 0.126. The zero-order valence-corrected chi connectivity index (χ0v) is 19.9. The molecule has 0 saturated carbocycles. The number of amides is 1. The van der Waals surface area contributed by atoms with Gasteiger partial charge in [0.05, 0.1) is 21.5 Å². The molecule has 10 heteroatoms. The van der Waals surface area contributed by atoms with Crippen LogP contribution in [0.5, 0.6) is 0 Å². The Balaban J connectivity index is 1.74. The zero-order valence-electron chi connectivity index (χ0n) is 16.8. The third-order valence-corrected chi connectivity index (χ3v) is 6.07. The van der Waals surface area contributed by atoms with Crippen LogP contribution in [0.2, 0.25) is 15.1 Å². The van der Waals surface area contributed by atoms with Gasteiger partial charge in [0.2, 0.25) is 5.91 Å². The molecule has 0 saturated heterocycles. The number of benzene rings is 2. The fraction of sp³-hybridized carbons (Fsp3) is 0.286. The van der Waals surface area contributed by atoms with E-state index in [0.717, 1.165) is 12.0 Å². The molecular weight excluding hydrogens is 479 g/mol. The molecule has 0 bridgehead atoms. The Morgan fingerprint density at radius 3 is 2.58 bits per heavy atom. The third-order valence-electron chi connectivity index (χ3n) is 4.23. The first-order valence-corrected chi connectivity index (χ1v) is 11.7. The maximum Gasteiger partial charge on any atom is 0.234 e. The number of thioether (sulfide) groups is 1. The van der Waals surface area contributed by atoms with Crippen LogP contribution in [0.3, 0.4) is 0 Å². The Morgan fingerprint density at radius 2 is 1.87 bits per heavy atom. The zero-order chi connectivity index (χ0) is 22.2. The van der Waals surface area contributed by atoms with Crippen molar-refractivity contribution in [2.24, 2.45) is 0 Å². The molecule has 1 aromatic heterocycles. The lowest BCUT2D eigenvalue weighted by Crippen LogP contribution is -2.15. The van der Waals surface area contributed by atoms with Crippen molar-refractivity contribution in [2.75, 3.05) is 24.3 Å². The van der Waals surface area contributed by atoms with Crippen molar-refractivity contribution in [2.45, 2.75) is 25.0 Å². The number of rotatable bonds is 10. The molecule has 2 aromatic carbocycles. The first-order chi connectivity index (χ1) is 15.0. The van der Waals surface area contributed by atoms with Crippen LogP contribution in [0.15, 0.2) is 47.6 Å². The van der Waals surface area contributed by atoms with Gasteiger partial charge in [0.1, 0.15) is 0 Å². The Hall–Kier alpha value is -1.77. The van der Waals surface area contributed by atoms with E-state index in [9.17, 15) is 4.79 Å². The fourth-order valence-electron chi connectivity index (χ4n) is 2.83. The minimum Gasteiger partial charge on any atom is -0.382 e. The molecular formula is C21H21Cl3N4O2S. The summed E-state index contributed by atoms with van der Waals surface area (Å²) in [6, 6.07) is 12.5. The van der Waals surface area contributed by atoms with Crippen LogP contribution in [0, 0.1) is 0 Å². The standard InChI is InChI=1S/C21H21Cl3N4O2S/c1-2-30-11-5-10-28-20(14-6-3-7-15(22)12-14)26-27-21(28)31-13-18(29)25-19-16(23)8-4-9-17(19)24/h3-4,6-9,12H,2,5,10-11,13H2,1H3,(H,25,29). The van der Waals surface area contributed by atoms with Crippen molar-refractivity contribution in [3.63, 3.8) is 0 Å². The SMILES string of the molecule is CCOCCCn1c(SCC(=O)Nc2c(Cl)cccc2Cl)nnc1-c1cccc(Cl)c1. The van der Waals surface area contributed by atoms with E-state index in [-0.39, 0.29) is 11.7 Å². The summed E-state index contributed by atoms with van der Waals surface area (Å²) in [7, 11) is 0. The van der Waals surface area contributed by atoms with Crippen molar-refractivity contribution in [1.82, 2.24) is 14.8 Å². The number of carbonyl (C=O) groups is 1. The van der Waals surface area contributed by atoms with Gasteiger partial charge in [-0.1, -0.05) is 64.8 Å². The molecule has 1 heterocycles. The van der Waals surface area contributed by atoms with Gasteiger partial charge in [0, 0.05) is 30.3 Å². The number of ether oxygens (including phenoxy) is 1. The highest BCUT2D eigenvalue weighted by atomic mass is 35.5. The molecule has 1 N–H and O–H groups in total. The molecule has 164 valence electrons. The van der Waals surface area contributed by atoms with Gasteiger partial charge in [-0.25, -0.2) is 0 Å². The second kappa shape index (κ2) is 11.7. The molecule has 0 radical (unpaired) electrons. The molecule has 3 aromatic rings. The number of anilines is 1. The Morgan fingerprint density at radius 1 is 1.13 bits per heavy atom. The highest BCUT2D eigenvalue weighted by Gasteiger charge is 2.17. The number of para-hydroxylation sites is 1. The van der Waals surface area contributed by atoms with Gasteiger partial charge in [-0.2, -0.15) is 0 Å². The second-order valence-electron chi connectivity index (χ2n) is 6.45. The van der Waals surface area contributed by atoms with Crippen molar-refractivity contribution >= 4 is 58.2 Å². The minimum atomic E-state index is -0.242. The Kier molecular flexibility index (Phi) is 9.04. The summed E-state index contributed by atoms with van der Waals surface area (Å²) >= 11 is 19.7. The van der Waals surface area contributed by atoms with E-state index in [1.165, 1.54) is 11.8 Å². The Labute approximate surface area is 200 Å². The smallest absolute Gasteiger partial charge is 0.234 e. The lowest BCUT2D eigenvalue weighted by Gasteiger charge is -2.11. The average Bonchev–Trinajstić information content (AvgIpc) is 3.15. The number of aromatic nitrogens is 3. The van der Waals surface area contributed by atoms with Crippen molar-refractivity contribution in [3.8, 4) is 11.4 Å². The number of halogens is 3. The van der Waals surface area contributed by atoms with Gasteiger partial charge >= 0.3 is 0 Å². The fourth-order valence-corrected chi connectivity index (χ4v) is 4.28. The topological polar surface area (TPSA) is 69.0 Å². The first-order valence-electron chi connectivity index (χ1n) is 9.63. The van der Waals surface area contributed by atoms with Gasteiger partial charge < -0.3 is 14.6 Å². The van der Waals surface area contributed by atoms with E-state index in [2.05, 4.69) is 15.5 Å². The Bertz CT molecular complexity index is 1020. The lowest BCUT2D eigenvalue weighted by molar-refractivity contribution is -0.113. The molecule has 0 unspecified atom stereocenters. The predicted octanol–water partition coefficient (Wildman–Crippen LogP) is 6.06. The van der Waals surface area contributed by atoms with Crippen LogP contribution in [0.4, 0.5) is 5.69 Å². The predicted molar refractivity (Wildman–Crippen MR) is 127 cm³/mol. The van der Waals surface area contributed by atoms with Crippen molar-refractivity contribution in [3.05, 3.63) is 57.5 Å². The number of nitrogens with zero attached hydrogens (tertiary/aromatic N) is 3. The monoisotopic (exact) mass is 498 g/mol. The number of hydrogen-bond acceptors (Lipinski definition) is 5. The molecule has 0 aliphatic heterocycles. The lowest BCUT2D eigenvalue weighted by atomic mass is 10.2. The van der Waals surface area contributed by atoms with E-state index in [4.69, 9.17) is 39.5 Å². The van der Waals surface area contributed by atoms with E-state index in [0.29, 0.717) is 51.5 Å². The largest absolute Gasteiger partial charge is 0.382 e. The third kappa shape index (κ3) is 6.60. The van der Waals surface area contributed by atoms with Crippen LogP contribution in [-0.4, -0.2) is 39.6 Å². The number of hydrogen-bond donors (Lipinski definition) is 1. The summed E-state index contributed by atoms with van der Waals surface area (Å²) in [4.78, 5) is 12.5. The molecule has 0 atom stereocenters. The van der Waals surface area contributed by atoms with Crippen LogP contribution < -0.4 is 5.32 Å². The average molecular weight is 500 g/mol. The van der Waals surface area contributed by atoms with Gasteiger partial charge in [-0.15, -0.1) is 10.2 Å². The van der Waals surface area contributed by atoms with E-state index < -0.39 is 0 Å². The summed E-state index contributed by atoms with van der Waals surface area (Å²) < 4.78 is 7.43. The molecule has 0 aliphatic rings. The molecule has 1 amide bonds. The molecule has 6 nitrogen and oxygen atoms in total. The summed E-state index contributed by atoms with van der Waals surface area (Å²) in [5.41, 5.74) is 1.25. The van der Waals surface area contributed by atoms with Crippen molar-refractivity contribution < 1.29 is 9.53 Å². The van der Waals surface area contributed by atoms with Crippen LogP contribution in [-0.2, 0) is 16.1 Å². The molecule has 31 heavy (non-hydrogen) atoms. The molecule has 0 aliphatic carbocycles. The van der Waals surface area contributed by atoms with Gasteiger partial charge in [-0.3, -0.25) is 4.79 Å². The molecule has 0 spiro atoms. The first kappa shape index (κ1) is 23.9. The summed E-state index contributed by atoms with van der Waals surface area (Å²) in [6.45, 7) is 3.89. The highest BCUT2D eigenvalue weighted by Crippen LogP contribution is 2.30. The second-order valence-corrected chi connectivity index (χ2v) is 8.65. The van der Waals surface area contributed by atoms with Crippen molar-refractivity contribution in [1.29, 1.82) is 0 Å². The summed E-state index contributed by atoms with van der Waals surface area (Å²) in [5, 5.41) is 13.4. The van der Waals surface area contributed by atoms with Gasteiger partial charge in [0.15, 0.2) is 11.0 Å². The summed E-state index contributed by atoms with van der Waals surface area (Å²) in [6.07, 6.45) is 0.786. The van der Waals surface area contributed by atoms with Gasteiger partial charge in [0.25, 0.3) is 0 Å². The highest BCUT2D eigenvalue weighted by molar-refractivity contribution is 7.99. The molecule has 0 fully saturated rings. The van der Waals surface area contributed by atoms with Crippen LogP contribution in [0.1, 0.15) is 13.3 Å². The van der Waals surface area contributed by atoms with Crippen LogP contribution >= 0.6 is 46.6 Å². The molecule has 3 rings (SSSR count). The number of nitrogens with one attached hydrogen (secondary N) is 1. The van der Waals surface area contributed by atoms with Gasteiger partial charge in [-0.05, 0) is 37.6 Å². The quantitative estimate of drug-likeness (QED) is 0.271. The number of carbonyl (C=O) groups excluding carboxylic acids is 1. The maximum atomic E-state index is 12.5.